The highest BCUT2D eigenvalue weighted by molar-refractivity contribution is 5.42. The zero-order chi connectivity index (χ0) is 15.5. The third-order valence-corrected chi connectivity index (χ3v) is 3.50. The number of benzene rings is 1. The monoisotopic (exact) mass is 285 g/mol. The molecule has 0 saturated carbocycles. The molecule has 21 heavy (non-hydrogen) atoms. The van der Waals surface area contributed by atoms with Crippen LogP contribution in [0.4, 0.5) is 0 Å². The van der Waals surface area contributed by atoms with Crippen molar-refractivity contribution in [3.05, 3.63) is 47.3 Å². The van der Waals surface area contributed by atoms with E-state index in [1.165, 1.54) is 0 Å². The molecule has 5 nitrogen and oxygen atoms in total. The fourth-order valence-electron chi connectivity index (χ4n) is 2.40. The van der Waals surface area contributed by atoms with E-state index in [2.05, 4.69) is 11.2 Å². The molecule has 0 aliphatic rings. The molecule has 1 N–H and O–H groups in total. The van der Waals surface area contributed by atoms with Crippen LogP contribution in [0.3, 0.4) is 0 Å². The maximum absolute atomic E-state index is 11.0. The molecule has 0 aliphatic heterocycles. The molecule has 1 atom stereocenters. The molecule has 0 amide bonds. The van der Waals surface area contributed by atoms with E-state index >= 15 is 0 Å². The van der Waals surface area contributed by atoms with Crippen LogP contribution in [0, 0.1) is 11.3 Å². The quantitative estimate of drug-likeness (QED) is 0.916. The van der Waals surface area contributed by atoms with E-state index in [0.29, 0.717) is 29.1 Å². The predicted octanol–water partition coefficient (Wildman–Crippen LogP) is 2.43. The van der Waals surface area contributed by atoms with Crippen LogP contribution in [0.15, 0.2) is 30.5 Å². The predicted molar refractivity (Wildman–Crippen MR) is 78.9 cm³/mol. The molecule has 2 aromatic rings. The van der Waals surface area contributed by atoms with Crippen LogP contribution in [0.2, 0.25) is 0 Å². The van der Waals surface area contributed by atoms with E-state index < -0.39 is 5.60 Å². The Kier molecular flexibility index (Phi) is 4.29. The average molecular weight is 285 g/mol. The van der Waals surface area contributed by atoms with Crippen LogP contribution >= 0.6 is 0 Å². The van der Waals surface area contributed by atoms with Gasteiger partial charge in [0.1, 0.15) is 11.3 Å². The van der Waals surface area contributed by atoms with Crippen molar-refractivity contribution in [1.29, 1.82) is 5.26 Å². The van der Waals surface area contributed by atoms with E-state index in [1.54, 1.807) is 49.2 Å². The Morgan fingerprint density at radius 1 is 1.38 bits per heavy atom. The van der Waals surface area contributed by atoms with E-state index in [4.69, 9.17) is 10.00 Å². The Labute approximate surface area is 124 Å². The molecule has 110 valence electrons. The number of hydrogen-bond acceptors (Lipinski definition) is 4. The number of nitriles is 1. The van der Waals surface area contributed by atoms with Crippen LogP contribution in [0.25, 0.3) is 0 Å². The standard InChI is InChI=1S/C16H19N3O2/c1-4-9-19-15(14(21-3)11-18-19)16(2,20)13-7-5-12(10-17)6-8-13/h5-8,11,20H,4,9H2,1-3H3. The second-order valence-electron chi connectivity index (χ2n) is 5.05. The van der Waals surface area contributed by atoms with Crippen molar-refractivity contribution < 1.29 is 9.84 Å². The normalized spacial score (nSPS) is 13.5. The summed E-state index contributed by atoms with van der Waals surface area (Å²) >= 11 is 0. The minimum absolute atomic E-state index is 0.554. The van der Waals surface area contributed by atoms with Gasteiger partial charge in [0.25, 0.3) is 0 Å². The third kappa shape index (κ3) is 2.76. The van der Waals surface area contributed by atoms with Crippen LogP contribution in [0.5, 0.6) is 5.75 Å². The number of aromatic nitrogens is 2. The summed E-state index contributed by atoms with van der Waals surface area (Å²) in [6.45, 7) is 4.46. The first-order valence-electron chi connectivity index (χ1n) is 6.87. The molecular weight excluding hydrogens is 266 g/mol. The maximum atomic E-state index is 11.0. The molecule has 1 aromatic carbocycles. The topological polar surface area (TPSA) is 71.1 Å². The number of rotatable bonds is 5. The van der Waals surface area contributed by atoms with Crippen molar-refractivity contribution in [1.82, 2.24) is 9.78 Å². The van der Waals surface area contributed by atoms with Gasteiger partial charge in [0.2, 0.25) is 0 Å². The molecular formula is C16H19N3O2. The van der Waals surface area contributed by atoms with Crippen LogP contribution < -0.4 is 4.74 Å². The van der Waals surface area contributed by atoms with Gasteiger partial charge < -0.3 is 9.84 Å². The zero-order valence-electron chi connectivity index (χ0n) is 12.5. The molecule has 0 radical (unpaired) electrons. The summed E-state index contributed by atoms with van der Waals surface area (Å²) < 4.78 is 7.09. The first-order valence-corrected chi connectivity index (χ1v) is 6.87. The van der Waals surface area contributed by atoms with E-state index in [1.807, 2.05) is 6.92 Å². The summed E-state index contributed by atoms with van der Waals surface area (Å²) in [5.41, 5.74) is 0.628. The fraction of sp³-hybridized carbons (Fsp3) is 0.375. The summed E-state index contributed by atoms with van der Waals surface area (Å²) in [6.07, 6.45) is 2.52. The summed E-state index contributed by atoms with van der Waals surface area (Å²) in [5.74, 6) is 0.554. The van der Waals surface area contributed by atoms with Crippen molar-refractivity contribution in [2.75, 3.05) is 7.11 Å². The Bertz CT molecular complexity index is 651. The van der Waals surface area contributed by atoms with Gasteiger partial charge in [-0.3, -0.25) is 4.68 Å². The minimum Gasteiger partial charge on any atom is -0.493 e. The molecule has 0 saturated heterocycles. The summed E-state index contributed by atoms with van der Waals surface area (Å²) in [4.78, 5) is 0. The Balaban J connectivity index is 2.51. The van der Waals surface area contributed by atoms with Crippen molar-refractivity contribution in [2.24, 2.45) is 0 Å². The van der Waals surface area contributed by atoms with E-state index in [0.717, 1.165) is 6.42 Å². The lowest BCUT2D eigenvalue weighted by Crippen LogP contribution is -2.27. The molecule has 0 fully saturated rings. The largest absolute Gasteiger partial charge is 0.493 e. The highest BCUT2D eigenvalue weighted by atomic mass is 16.5. The van der Waals surface area contributed by atoms with Gasteiger partial charge in [-0.25, -0.2) is 0 Å². The van der Waals surface area contributed by atoms with Gasteiger partial charge in [-0.1, -0.05) is 19.1 Å². The third-order valence-electron chi connectivity index (χ3n) is 3.50. The molecule has 0 bridgehead atoms. The lowest BCUT2D eigenvalue weighted by atomic mass is 9.91. The van der Waals surface area contributed by atoms with Gasteiger partial charge in [0, 0.05) is 6.54 Å². The number of aliphatic hydroxyl groups is 1. The first-order chi connectivity index (χ1) is 10.0. The van der Waals surface area contributed by atoms with Crippen LogP contribution in [-0.2, 0) is 12.1 Å². The van der Waals surface area contributed by atoms with Crippen LogP contribution in [-0.4, -0.2) is 22.0 Å². The Morgan fingerprint density at radius 3 is 2.57 bits per heavy atom. The molecule has 2 rings (SSSR count). The molecule has 1 heterocycles. The SMILES string of the molecule is CCCn1ncc(OC)c1C(C)(O)c1ccc(C#N)cc1. The van der Waals surface area contributed by atoms with Gasteiger partial charge in [-0.15, -0.1) is 0 Å². The van der Waals surface area contributed by atoms with Crippen molar-refractivity contribution in [3.63, 3.8) is 0 Å². The van der Waals surface area contributed by atoms with Crippen molar-refractivity contribution in [2.45, 2.75) is 32.4 Å². The number of methoxy groups -OCH3 is 1. The molecule has 5 heteroatoms. The molecule has 1 aromatic heterocycles. The lowest BCUT2D eigenvalue weighted by Gasteiger charge is -2.26. The number of aryl methyl sites for hydroxylation is 1. The van der Waals surface area contributed by atoms with Gasteiger partial charge in [-0.05, 0) is 31.0 Å². The van der Waals surface area contributed by atoms with Crippen LogP contribution in [0.1, 0.15) is 37.1 Å². The average Bonchev–Trinajstić information content (AvgIpc) is 2.91. The van der Waals surface area contributed by atoms with Gasteiger partial charge in [0.05, 0.1) is 24.9 Å². The van der Waals surface area contributed by atoms with E-state index in [9.17, 15) is 5.11 Å². The fourth-order valence-corrected chi connectivity index (χ4v) is 2.40. The summed E-state index contributed by atoms with van der Waals surface area (Å²) in [6, 6.07) is 8.96. The first kappa shape index (κ1) is 15.1. The molecule has 0 spiro atoms. The zero-order valence-corrected chi connectivity index (χ0v) is 12.5. The summed E-state index contributed by atoms with van der Waals surface area (Å²) in [7, 11) is 1.56. The number of ether oxygens (including phenoxy) is 1. The second kappa shape index (κ2) is 5.98. The van der Waals surface area contributed by atoms with Crippen molar-refractivity contribution >= 4 is 0 Å². The second-order valence-corrected chi connectivity index (χ2v) is 5.05. The van der Waals surface area contributed by atoms with E-state index in [-0.39, 0.29) is 0 Å². The van der Waals surface area contributed by atoms with Gasteiger partial charge in [-0.2, -0.15) is 10.4 Å². The highest BCUT2D eigenvalue weighted by Crippen LogP contribution is 2.35. The Hall–Kier alpha value is -2.32. The minimum atomic E-state index is -1.25. The smallest absolute Gasteiger partial charge is 0.163 e. The lowest BCUT2D eigenvalue weighted by molar-refractivity contribution is 0.0882. The summed E-state index contributed by atoms with van der Waals surface area (Å²) in [5, 5.41) is 24.2. The maximum Gasteiger partial charge on any atom is 0.163 e. The van der Waals surface area contributed by atoms with Gasteiger partial charge >= 0.3 is 0 Å². The van der Waals surface area contributed by atoms with Gasteiger partial charge in [0.15, 0.2) is 5.75 Å². The van der Waals surface area contributed by atoms with Crippen molar-refractivity contribution in [3.8, 4) is 11.8 Å². The highest BCUT2D eigenvalue weighted by Gasteiger charge is 2.33. The molecule has 1 unspecified atom stereocenters. The Morgan fingerprint density at radius 2 is 2.05 bits per heavy atom. The number of nitrogens with zero attached hydrogens (tertiary/aromatic N) is 3. The molecule has 0 aliphatic carbocycles. The number of hydrogen-bond donors (Lipinski definition) is 1.